The van der Waals surface area contributed by atoms with Crippen LogP contribution in [-0.2, 0) is 20.7 Å². The van der Waals surface area contributed by atoms with E-state index in [9.17, 15) is 4.79 Å². The second-order valence-corrected chi connectivity index (χ2v) is 4.72. The van der Waals surface area contributed by atoms with Gasteiger partial charge in [0.1, 0.15) is 0 Å². The third-order valence-electron chi connectivity index (χ3n) is 3.07. The highest BCUT2D eigenvalue weighted by Crippen LogP contribution is 2.04. The lowest BCUT2D eigenvalue weighted by Crippen LogP contribution is -2.44. The number of ether oxygens (including phenoxy) is 2. The third kappa shape index (κ3) is 7.22. The van der Waals surface area contributed by atoms with Crippen molar-refractivity contribution in [3.05, 3.63) is 35.9 Å². The molecule has 0 unspecified atom stereocenters. The number of carbonyl (C=O) groups is 1. The van der Waals surface area contributed by atoms with E-state index in [2.05, 4.69) is 5.32 Å². The topological polar surface area (TPSA) is 73.6 Å². The number of carbonyl (C=O) groups excluding carboxylic acids is 1. The Kier molecular flexibility index (Phi) is 8.66. The molecular formula is C16H26N2O3. The summed E-state index contributed by atoms with van der Waals surface area (Å²) in [6.45, 7) is 5.18. The molecule has 1 amide bonds. The summed E-state index contributed by atoms with van der Waals surface area (Å²) in [5.41, 5.74) is 7.09. The average molecular weight is 294 g/mol. The molecule has 0 aromatic heterocycles. The number of benzene rings is 1. The first-order valence-electron chi connectivity index (χ1n) is 7.47. The zero-order valence-electron chi connectivity index (χ0n) is 12.9. The van der Waals surface area contributed by atoms with Crippen LogP contribution in [0.15, 0.2) is 30.3 Å². The Hall–Kier alpha value is -1.43. The second-order valence-electron chi connectivity index (χ2n) is 4.72. The van der Waals surface area contributed by atoms with Crippen molar-refractivity contribution >= 4 is 5.91 Å². The van der Waals surface area contributed by atoms with Crippen LogP contribution in [0.2, 0.25) is 0 Å². The van der Waals surface area contributed by atoms with E-state index in [1.165, 1.54) is 5.56 Å². The van der Waals surface area contributed by atoms with Crippen LogP contribution < -0.4 is 11.1 Å². The van der Waals surface area contributed by atoms with Gasteiger partial charge >= 0.3 is 0 Å². The third-order valence-corrected chi connectivity index (χ3v) is 3.07. The van der Waals surface area contributed by atoms with Gasteiger partial charge in [0.15, 0.2) is 6.29 Å². The summed E-state index contributed by atoms with van der Waals surface area (Å²) in [6, 6.07) is 9.48. The van der Waals surface area contributed by atoms with E-state index in [4.69, 9.17) is 15.2 Å². The van der Waals surface area contributed by atoms with Gasteiger partial charge in [0.25, 0.3) is 0 Å². The minimum Gasteiger partial charge on any atom is -0.351 e. The van der Waals surface area contributed by atoms with Crippen molar-refractivity contribution in [1.82, 2.24) is 5.32 Å². The van der Waals surface area contributed by atoms with Gasteiger partial charge in [0, 0.05) is 13.2 Å². The number of hydrogen-bond donors (Lipinski definition) is 2. The number of aryl methyl sites for hydroxylation is 1. The van der Waals surface area contributed by atoms with Crippen molar-refractivity contribution in [1.29, 1.82) is 0 Å². The standard InChI is InChI=1S/C16H26N2O3/c1-3-20-15(21-4-2)12-18-16(19)14(17)11-10-13-8-6-5-7-9-13/h5-9,14-15H,3-4,10-12,17H2,1-2H3,(H,18,19)/t14-/m0/s1. The Balaban J connectivity index is 2.30. The van der Waals surface area contributed by atoms with Crippen molar-refractivity contribution in [2.75, 3.05) is 19.8 Å². The van der Waals surface area contributed by atoms with Crippen molar-refractivity contribution in [2.45, 2.75) is 39.0 Å². The SMILES string of the molecule is CCOC(CNC(=O)[C@@H](N)CCc1ccccc1)OCC. The molecule has 5 heteroatoms. The van der Waals surface area contributed by atoms with E-state index in [1.54, 1.807) is 0 Å². The van der Waals surface area contributed by atoms with Crippen LogP contribution in [0.25, 0.3) is 0 Å². The lowest BCUT2D eigenvalue weighted by atomic mass is 10.1. The summed E-state index contributed by atoms with van der Waals surface area (Å²) in [5.74, 6) is -0.171. The minimum atomic E-state index is -0.519. The average Bonchev–Trinajstić information content (AvgIpc) is 2.51. The summed E-state index contributed by atoms with van der Waals surface area (Å²) in [5, 5.41) is 2.77. The van der Waals surface area contributed by atoms with Crippen LogP contribution in [-0.4, -0.2) is 38.0 Å². The fourth-order valence-corrected chi connectivity index (χ4v) is 1.95. The van der Waals surface area contributed by atoms with Gasteiger partial charge in [-0.1, -0.05) is 30.3 Å². The van der Waals surface area contributed by atoms with Crippen molar-refractivity contribution in [2.24, 2.45) is 5.73 Å². The summed E-state index contributed by atoms with van der Waals surface area (Å²) in [7, 11) is 0. The Labute approximate surface area is 126 Å². The molecule has 0 spiro atoms. The fraction of sp³-hybridized carbons (Fsp3) is 0.562. The number of nitrogens with one attached hydrogen (secondary N) is 1. The molecule has 0 saturated carbocycles. The number of hydrogen-bond acceptors (Lipinski definition) is 4. The molecule has 1 aromatic carbocycles. The highest BCUT2D eigenvalue weighted by Gasteiger charge is 2.15. The quantitative estimate of drug-likeness (QED) is 0.641. The maximum Gasteiger partial charge on any atom is 0.237 e. The van der Waals surface area contributed by atoms with Crippen LogP contribution >= 0.6 is 0 Å². The molecule has 0 aliphatic heterocycles. The van der Waals surface area contributed by atoms with E-state index in [1.807, 2.05) is 44.2 Å². The lowest BCUT2D eigenvalue weighted by molar-refractivity contribution is -0.141. The fourth-order valence-electron chi connectivity index (χ4n) is 1.95. The maximum atomic E-state index is 11.9. The summed E-state index contributed by atoms with van der Waals surface area (Å²) >= 11 is 0. The van der Waals surface area contributed by atoms with Gasteiger partial charge in [0.05, 0.1) is 12.6 Å². The van der Waals surface area contributed by atoms with E-state index < -0.39 is 12.3 Å². The minimum absolute atomic E-state index is 0.171. The summed E-state index contributed by atoms with van der Waals surface area (Å²) < 4.78 is 10.7. The van der Waals surface area contributed by atoms with E-state index in [-0.39, 0.29) is 5.91 Å². The number of amides is 1. The van der Waals surface area contributed by atoms with E-state index >= 15 is 0 Å². The smallest absolute Gasteiger partial charge is 0.237 e. The Morgan fingerprint density at radius 2 is 1.81 bits per heavy atom. The highest BCUT2D eigenvalue weighted by molar-refractivity contribution is 5.81. The molecule has 5 nitrogen and oxygen atoms in total. The van der Waals surface area contributed by atoms with Crippen molar-refractivity contribution in [3.63, 3.8) is 0 Å². The van der Waals surface area contributed by atoms with Gasteiger partial charge in [-0.25, -0.2) is 0 Å². The van der Waals surface area contributed by atoms with Crippen LogP contribution in [0.3, 0.4) is 0 Å². The molecule has 0 saturated heterocycles. The van der Waals surface area contributed by atoms with E-state index in [0.717, 1.165) is 6.42 Å². The lowest BCUT2D eigenvalue weighted by Gasteiger charge is -2.19. The van der Waals surface area contributed by atoms with Gasteiger partial charge in [-0.3, -0.25) is 4.79 Å². The molecule has 0 aliphatic carbocycles. The number of rotatable bonds is 10. The van der Waals surface area contributed by atoms with Gasteiger partial charge in [0.2, 0.25) is 5.91 Å². The molecule has 3 N–H and O–H groups in total. The molecule has 0 fully saturated rings. The van der Waals surface area contributed by atoms with Gasteiger partial charge < -0.3 is 20.5 Å². The summed E-state index contributed by atoms with van der Waals surface area (Å²) in [4.78, 5) is 11.9. The summed E-state index contributed by atoms with van der Waals surface area (Å²) in [6.07, 6.45) is 0.991. The van der Waals surface area contributed by atoms with Gasteiger partial charge in [-0.15, -0.1) is 0 Å². The maximum absolute atomic E-state index is 11.9. The zero-order valence-corrected chi connectivity index (χ0v) is 12.9. The largest absolute Gasteiger partial charge is 0.351 e. The molecule has 1 aromatic rings. The first kappa shape index (κ1) is 17.6. The molecule has 0 bridgehead atoms. The Morgan fingerprint density at radius 1 is 1.19 bits per heavy atom. The molecule has 0 aliphatic rings. The molecule has 118 valence electrons. The van der Waals surface area contributed by atoms with Crippen molar-refractivity contribution in [3.8, 4) is 0 Å². The molecular weight excluding hydrogens is 268 g/mol. The molecule has 1 atom stereocenters. The van der Waals surface area contributed by atoms with Crippen molar-refractivity contribution < 1.29 is 14.3 Å². The first-order chi connectivity index (χ1) is 10.2. The molecule has 21 heavy (non-hydrogen) atoms. The second kappa shape index (κ2) is 10.3. The van der Waals surface area contributed by atoms with E-state index in [0.29, 0.717) is 26.2 Å². The van der Waals surface area contributed by atoms with Crippen LogP contribution in [0.1, 0.15) is 25.8 Å². The normalized spacial score (nSPS) is 12.4. The number of nitrogens with two attached hydrogens (primary N) is 1. The van der Waals surface area contributed by atoms with Crippen LogP contribution in [0, 0.1) is 0 Å². The Bertz CT molecular complexity index is 392. The predicted molar refractivity (Wildman–Crippen MR) is 82.8 cm³/mol. The van der Waals surface area contributed by atoms with Gasteiger partial charge in [-0.2, -0.15) is 0 Å². The van der Waals surface area contributed by atoms with Crippen LogP contribution in [0.5, 0.6) is 0 Å². The Morgan fingerprint density at radius 3 is 2.38 bits per heavy atom. The predicted octanol–water partition coefficient (Wildman–Crippen LogP) is 1.46. The molecule has 0 radical (unpaired) electrons. The zero-order chi connectivity index (χ0) is 15.5. The van der Waals surface area contributed by atoms with Gasteiger partial charge in [-0.05, 0) is 32.3 Å². The van der Waals surface area contributed by atoms with Crippen LogP contribution in [0.4, 0.5) is 0 Å². The highest BCUT2D eigenvalue weighted by atomic mass is 16.7. The molecule has 0 heterocycles. The first-order valence-corrected chi connectivity index (χ1v) is 7.47. The molecule has 1 rings (SSSR count). The monoisotopic (exact) mass is 294 g/mol.